The van der Waals surface area contributed by atoms with Crippen LogP contribution in [-0.4, -0.2) is 30.2 Å². The summed E-state index contributed by atoms with van der Waals surface area (Å²) in [5, 5.41) is 8.76. The highest BCUT2D eigenvalue weighted by Gasteiger charge is 2.33. The van der Waals surface area contributed by atoms with Crippen LogP contribution in [0.15, 0.2) is 29.3 Å². The van der Waals surface area contributed by atoms with Crippen LogP contribution in [0.4, 0.5) is 8.78 Å². The molecule has 0 aromatic rings. The molecule has 110 valence electrons. The number of hydrogen-bond acceptors (Lipinski definition) is 4. The van der Waals surface area contributed by atoms with E-state index in [0.717, 1.165) is 6.42 Å². The average molecular weight is 278 g/mol. The molecule has 0 amide bonds. The summed E-state index contributed by atoms with van der Waals surface area (Å²) >= 11 is 0. The Kier molecular flexibility index (Phi) is 8.94. The van der Waals surface area contributed by atoms with Crippen LogP contribution in [0.1, 0.15) is 27.2 Å². The number of aliphatic imine (C=N–C) groups is 1. The van der Waals surface area contributed by atoms with Gasteiger partial charge in [-0.1, -0.05) is 25.2 Å². The number of nitrogens with one attached hydrogen (secondary N) is 1. The van der Waals surface area contributed by atoms with Gasteiger partial charge in [0, 0.05) is 0 Å². The molecule has 0 radical (unpaired) electrons. The molecule has 19 heavy (non-hydrogen) atoms. The summed E-state index contributed by atoms with van der Waals surface area (Å²) < 4.78 is 34.9. The van der Waals surface area contributed by atoms with Crippen molar-refractivity contribution in [3.63, 3.8) is 0 Å². The van der Waals surface area contributed by atoms with Gasteiger partial charge in [0.1, 0.15) is 5.84 Å². The van der Waals surface area contributed by atoms with Crippen molar-refractivity contribution < 1.29 is 23.5 Å². The number of ether oxygens (including phenoxy) is 2. The summed E-state index contributed by atoms with van der Waals surface area (Å²) in [5.41, 5.74) is 1.79. The van der Waals surface area contributed by atoms with E-state index < -0.39 is 12.5 Å². The maximum atomic E-state index is 13.2. The van der Waals surface area contributed by atoms with Crippen LogP contribution in [0, 0.1) is 0 Å². The Morgan fingerprint density at radius 2 is 2.16 bits per heavy atom. The number of amidine groups is 1. The van der Waals surface area contributed by atoms with Crippen molar-refractivity contribution in [1.82, 2.24) is 5.48 Å². The van der Waals surface area contributed by atoms with Gasteiger partial charge in [0.05, 0.1) is 6.61 Å². The van der Waals surface area contributed by atoms with E-state index in [1.165, 1.54) is 19.1 Å². The number of rotatable bonds is 8. The minimum absolute atomic E-state index is 0.0265. The highest BCUT2D eigenvalue weighted by Crippen LogP contribution is 2.19. The van der Waals surface area contributed by atoms with Gasteiger partial charge >= 0.3 is 6.29 Å². The summed E-state index contributed by atoms with van der Waals surface area (Å²) in [6.45, 7) is 4.62. The highest BCUT2D eigenvalue weighted by atomic mass is 19.3. The third-order valence-corrected chi connectivity index (χ3v) is 1.84. The van der Waals surface area contributed by atoms with Gasteiger partial charge in [-0.15, -0.1) is 8.78 Å². The molecule has 0 saturated heterocycles. The molecule has 0 aliphatic carbocycles. The number of hydrogen-bond donors (Lipinski definition) is 2. The first-order valence-corrected chi connectivity index (χ1v) is 5.90. The van der Waals surface area contributed by atoms with Gasteiger partial charge < -0.3 is 0 Å². The molecule has 0 bridgehead atoms. The van der Waals surface area contributed by atoms with E-state index >= 15 is 0 Å². The van der Waals surface area contributed by atoms with Gasteiger partial charge in [-0.05, 0) is 26.3 Å². The summed E-state index contributed by atoms with van der Waals surface area (Å²) in [7, 11) is 0. The molecule has 0 fully saturated rings. The van der Waals surface area contributed by atoms with Crippen LogP contribution in [0.25, 0.3) is 0 Å². The van der Waals surface area contributed by atoms with E-state index in [9.17, 15) is 8.78 Å². The average Bonchev–Trinajstić information content (AvgIpc) is 2.33. The first-order valence-electron chi connectivity index (χ1n) is 5.90. The molecule has 0 spiro atoms. The summed E-state index contributed by atoms with van der Waals surface area (Å²) in [6, 6.07) is 0. The van der Waals surface area contributed by atoms with E-state index in [-0.39, 0.29) is 12.4 Å². The third kappa shape index (κ3) is 9.29. The Balaban J connectivity index is 4.44. The Morgan fingerprint density at radius 1 is 1.47 bits per heavy atom. The molecule has 0 aromatic carbocycles. The summed E-state index contributed by atoms with van der Waals surface area (Å²) in [6.07, 6.45) is 1.97. The molecule has 1 unspecified atom stereocenters. The fourth-order valence-corrected chi connectivity index (χ4v) is 1.03. The molecule has 0 heterocycles. The molecule has 0 aromatic heterocycles. The van der Waals surface area contributed by atoms with Crippen molar-refractivity contribution >= 4 is 5.84 Å². The number of nitrogens with zero attached hydrogens (tertiary/aromatic N) is 1. The fraction of sp³-hybridized carbons (Fsp3) is 0.583. The molecule has 1 atom stereocenters. The third-order valence-electron chi connectivity index (χ3n) is 1.84. The maximum absolute atomic E-state index is 13.2. The normalized spacial score (nSPS) is 15.4. The van der Waals surface area contributed by atoms with Crippen molar-refractivity contribution in [2.75, 3.05) is 6.61 Å². The highest BCUT2D eigenvalue weighted by molar-refractivity contribution is 5.91. The molecule has 0 aliphatic rings. The molecule has 7 heteroatoms. The molecular formula is C12H20F2N2O3. The summed E-state index contributed by atoms with van der Waals surface area (Å²) in [4.78, 5) is 3.71. The fourth-order valence-electron chi connectivity index (χ4n) is 1.03. The van der Waals surface area contributed by atoms with Crippen molar-refractivity contribution in [2.45, 2.75) is 39.7 Å². The lowest BCUT2D eigenvalue weighted by Crippen LogP contribution is -2.30. The quantitative estimate of drug-likeness (QED) is 0.236. The van der Waals surface area contributed by atoms with Gasteiger partial charge in [-0.3, -0.25) is 20.2 Å². The number of allylic oxidation sites excluding steroid dienone is 2. The van der Waals surface area contributed by atoms with Gasteiger partial charge in [0.2, 0.25) is 0 Å². The first-order chi connectivity index (χ1) is 8.95. The van der Waals surface area contributed by atoms with Gasteiger partial charge in [-0.2, -0.15) is 0 Å². The second-order valence-corrected chi connectivity index (χ2v) is 3.50. The predicted molar refractivity (Wildman–Crippen MR) is 68.0 cm³/mol. The van der Waals surface area contributed by atoms with E-state index in [2.05, 4.69) is 14.5 Å². The molecular weight excluding hydrogens is 258 g/mol. The standard InChI is InChI=1S/C12H20F2N2O3/c1-4-6-8-11(16-17)15-10(3)19-12(13,14)18-9-7-5-2/h5-8,10,17H,4,9H2,1-3H3,(H,15,16)/b7-5-,8-6-. The zero-order valence-corrected chi connectivity index (χ0v) is 11.3. The number of halogens is 2. The van der Waals surface area contributed by atoms with E-state index in [4.69, 9.17) is 5.21 Å². The van der Waals surface area contributed by atoms with E-state index in [0.29, 0.717) is 0 Å². The van der Waals surface area contributed by atoms with Gasteiger partial charge in [0.15, 0.2) is 6.23 Å². The molecule has 0 saturated carbocycles. The zero-order chi connectivity index (χ0) is 14.7. The molecule has 5 nitrogen and oxygen atoms in total. The minimum atomic E-state index is -3.74. The van der Waals surface area contributed by atoms with Crippen molar-refractivity contribution in [3.05, 3.63) is 24.3 Å². The lowest BCUT2D eigenvalue weighted by atomic mass is 10.4. The second-order valence-electron chi connectivity index (χ2n) is 3.50. The van der Waals surface area contributed by atoms with Crippen LogP contribution in [-0.2, 0) is 9.47 Å². The Hall–Kier alpha value is -1.31. The summed E-state index contributed by atoms with van der Waals surface area (Å²) in [5.74, 6) is 0.0265. The van der Waals surface area contributed by atoms with Crippen molar-refractivity contribution in [3.8, 4) is 0 Å². The molecule has 2 N–H and O–H groups in total. The van der Waals surface area contributed by atoms with Crippen LogP contribution >= 0.6 is 0 Å². The van der Waals surface area contributed by atoms with E-state index in [1.54, 1.807) is 24.6 Å². The Morgan fingerprint density at radius 3 is 2.68 bits per heavy atom. The van der Waals surface area contributed by atoms with Crippen LogP contribution < -0.4 is 5.48 Å². The van der Waals surface area contributed by atoms with Crippen molar-refractivity contribution in [1.29, 1.82) is 0 Å². The smallest absolute Gasteiger partial charge is 0.292 e. The van der Waals surface area contributed by atoms with Gasteiger partial charge in [0.25, 0.3) is 0 Å². The lowest BCUT2D eigenvalue weighted by Gasteiger charge is -2.18. The van der Waals surface area contributed by atoms with Crippen LogP contribution in [0.2, 0.25) is 0 Å². The minimum Gasteiger partial charge on any atom is -0.292 e. The zero-order valence-electron chi connectivity index (χ0n) is 11.3. The van der Waals surface area contributed by atoms with E-state index in [1.807, 2.05) is 6.92 Å². The van der Waals surface area contributed by atoms with Gasteiger partial charge in [-0.25, -0.2) is 4.99 Å². The largest absolute Gasteiger partial charge is 0.487 e. The van der Waals surface area contributed by atoms with Crippen LogP contribution in [0.3, 0.4) is 0 Å². The lowest BCUT2D eigenvalue weighted by molar-refractivity contribution is -0.400. The predicted octanol–water partition coefficient (Wildman–Crippen LogP) is 2.84. The Labute approximate surface area is 111 Å². The number of alkyl halides is 2. The molecule has 0 rings (SSSR count). The Bertz CT molecular complexity index is 331. The topological polar surface area (TPSA) is 63.1 Å². The van der Waals surface area contributed by atoms with Crippen molar-refractivity contribution in [2.24, 2.45) is 4.99 Å². The van der Waals surface area contributed by atoms with Crippen LogP contribution in [0.5, 0.6) is 0 Å². The number of hydroxylamine groups is 1. The SMILES string of the molecule is C/C=C\COC(F)(F)OC(C)N=C(/C=C\CC)NO. The molecule has 0 aliphatic heterocycles. The first kappa shape index (κ1) is 17.7. The monoisotopic (exact) mass is 278 g/mol. The second kappa shape index (κ2) is 9.60. The maximum Gasteiger partial charge on any atom is 0.487 e.